The van der Waals surface area contributed by atoms with Gasteiger partial charge < -0.3 is 10.4 Å². The molecule has 2 N–H and O–H groups in total. The maximum atomic E-state index is 13.6. The van der Waals surface area contributed by atoms with Crippen molar-refractivity contribution in [1.29, 1.82) is 0 Å². The van der Waals surface area contributed by atoms with Crippen LogP contribution in [-0.2, 0) is 0 Å². The Balaban J connectivity index is 2.13. The lowest BCUT2D eigenvalue weighted by Gasteiger charge is -2.15. The van der Waals surface area contributed by atoms with Crippen molar-refractivity contribution in [3.63, 3.8) is 0 Å². The van der Waals surface area contributed by atoms with Crippen LogP contribution < -0.4 is 5.32 Å². The first-order valence-electron chi connectivity index (χ1n) is 5.90. The Morgan fingerprint density at radius 2 is 1.62 bits per heavy atom. The van der Waals surface area contributed by atoms with E-state index in [-0.39, 0.29) is 16.6 Å². The van der Waals surface area contributed by atoms with Crippen molar-refractivity contribution in [2.45, 2.75) is 6.10 Å². The summed E-state index contributed by atoms with van der Waals surface area (Å²) in [5.41, 5.74) is -0.596. The van der Waals surface area contributed by atoms with Crippen molar-refractivity contribution in [2.24, 2.45) is 0 Å². The number of aliphatic hydroxyl groups excluding tert-OH is 1. The standard InChI is InChI=1S/C14H10BrF4NO/c15-7-3-11(18)14(12(19)4-7)20-6-13(21)9-2-1-8(16)5-10(9)17/h1-5,13,20-21H,6H2. The average Bonchev–Trinajstić information content (AvgIpc) is 2.36. The van der Waals surface area contributed by atoms with Gasteiger partial charge in [-0.05, 0) is 18.2 Å². The second-order valence-corrected chi connectivity index (χ2v) is 5.22. The van der Waals surface area contributed by atoms with Gasteiger partial charge in [-0.1, -0.05) is 22.0 Å². The molecule has 0 aliphatic rings. The van der Waals surface area contributed by atoms with Crippen LogP contribution in [0.25, 0.3) is 0 Å². The molecular weight excluding hydrogens is 354 g/mol. The number of hydrogen-bond acceptors (Lipinski definition) is 2. The second-order valence-electron chi connectivity index (χ2n) is 4.31. The van der Waals surface area contributed by atoms with Crippen LogP contribution in [0.4, 0.5) is 23.2 Å². The second kappa shape index (κ2) is 6.44. The predicted molar refractivity (Wildman–Crippen MR) is 73.9 cm³/mol. The first-order chi connectivity index (χ1) is 9.88. The summed E-state index contributed by atoms with van der Waals surface area (Å²) in [6.45, 7) is -0.335. The summed E-state index contributed by atoms with van der Waals surface area (Å²) in [5, 5.41) is 12.2. The van der Waals surface area contributed by atoms with Gasteiger partial charge in [0.25, 0.3) is 0 Å². The Kier molecular flexibility index (Phi) is 4.84. The molecule has 2 nitrogen and oxygen atoms in total. The van der Waals surface area contributed by atoms with Crippen LogP contribution in [0.3, 0.4) is 0 Å². The molecule has 2 aromatic rings. The molecule has 7 heteroatoms. The van der Waals surface area contributed by atoms with Crippen molar-refractivity contribution in [3.05, 3.63) is 63.6 Å². The zero-order valence-electron chi connectivity index (χ0n) is 10.5. The summed E-state index contributed by atoms with van der Waals surface area (Å²) in [6.07, 6.45) is -1.38. The van der Waals surface area contributed by atoms with Gasteiger partial charge in [0.1, 0.15) is 29.0 Å². The van der Waals surface area contributed by atoms with Crippen LogP contribution in [0.2, 0.25) is 0 Å². The van der Waals surface area contributed by atoms with E-state index in [0.29, 0.717) is 6.07 Å². The molecule has 1 unspecified atom stereocenters. The van der Waals surface area contributed by atoms with Gasteiger partial charge in [0.15, 0.2) is 0 Å². The van der Waals surface area contributed by atoms with Gasteiger partial charge >= 0.3 is 0 Å². The monoisotopic (exact) mass is 363 g/mol. The minimum atomic E-state index is -1.38. The molecule has 0 aliphatic heterocycles. The summed E-state index contributed by atoms with van der Waals surface area (Å²) in [5.74, 6) is -3.41. The molecule has 0 radical (unpaired) electrons. The van der Waals surface area contributed by atoms with E-state index >= 15 is 0 Å². The highest BCUT2D eigenvalue weighted by molar-refractivity contribution is 9.10. The summed E-state index contributed by atoms with van der Waals surface area (Å²) < 4.78 is 53.6. The van der Waals surface area contributed by atoms with E-state index in [1.807, 2.05) is 0 Å². The van der Waals surface area contributed by atoms with E-state index in [0.717, 1.165) is 24.3 Å². The topological polar surface area (TPSA) is 32.3 Å². The number of halogens is 5. The van der Waals surface area contributed by atoms with Crippen LogP contribution in [0.15, 0.2) is 34.8 Å². The normalized spacial score (nSPS) is 12.3. The molecule has 2 rings (SSSR count). The summed E-state index contributed by atoms with van der Waals surface area (Å²) in [7, 11) is 0. The Hall–Kier alpha value is -1.60. The first kappa shape index (κ1) is 15.8. The first-order valence-corrected chi connectivity index (χ1v) is 6.69. The van der Waals surface area contributed by atoms with E-state index in [1.54, 1.807) is 0 Å². The summed E-state index contributed by atoms with van der Waals surface area (Å²) in [6, 6.07) is 4.79. The summed E-state index contributed by atoms with van der Waals surface area (Å²) >= 11 is 2.94. The van der Waals surface area contributed by atoms with E-state index in [4.69, 9.17) is 0 Å². The number of rotatable bonds is 4. The molecule has 2 aromatic carbocycles. The number of hydrogen-bond donors (Lipinski definition) is 2. The van der Waals surface area contributed by atoms with E-state index in [9.17, 15) is 22.7 Å². The van der Waals surface area contributed by atoms with Gasteiger partial charge in [0, 0.05) is 22.6 Å². The fourth-order valence-electron chi connectivity index (χ4n) is 1.79. The molecular formula is C14H10BrF4NO. The van der Waals surface area contributed by atoms with Crippen LogP contribution in [0.1, 0.15) is 11.7 Å². The van der Waals surface area contributed by atoms with Gasteiger partial charge in [-0.25, -0.2) is 17.6 Å². The Morgan fingerprint density at radius 3 is 2.19 bits per heavy atom. The van der Waals surface area contributed by atoms with Crippen molar-refractivity contribution in [3.8, 4) is 0 Å². The third-order valence-corrected chi connectivity index (χ3v) is 3.26. The zero-order valence-corrected chi connectivity index (χ0v) is 12.1. The lowest BCUT2D eigenvalue weighted by Crippen LogP contribution is -2.15. The smallest absolute Gasteiger partial charge is 0.150 e. The molecule has 0 saturated carbocycles. The van der Waals surface area contributed by atoms with E-state index in [1.165, 1.54) is 0 Å². The molecule has 0 fully saturated rings. The number of aliphatic hydroxyl groups is 1. The van der Waals surface area contributed by atoms with Crippen LogP contribution in [0, 0.1) is 23.3 Å². The molecule has 0 aliphatic carbocycles. The van der Waals surface area contributed by atoms with Crippen molar-refractivity contribution in [1.82, 2.24) is 0 Å². The van der Waals surface area contributed by atoms with E-state index < -0.39 is 35.1 Å². The number of anilines is 1. The van der Waals surface area contributed by atoms with Crippen molar-refractivity contribution >= 4 is 21.6 Å². The highest BCUT2D eigenvalue weighted by Gasteiger charge is 2.16. The van der Waals surface area contributed by atoms with E-state index in [2.05, 4.69) is 21.2 Å². The molecule has 0 aromatic heterocycles. The number of benzene rings is 2. The van der Waals surface area contributed by atoms with Gasteiger partial charge in [-0.15, -0.1) is 0 Å². The maximum Gasteiger partial charge on any atom is 0.150 e. The fourth-order valence-corrected chi connectivity index (χ4v) is 2.19. The minimum Gasteiger partial charge on any atom is -0.386 e. The lowest BCUT2D eigenvalue weighted by atomic mass is 10.1. The molecule has 21 heavy (non-hydrogen) atoms. The van der Waals surface area contributed by atoms with Gasteiger partial charge in [0.05, 0.1) is 6.10 Å². The fraction of sp³-hybridized carbons (Fsp3) is 0.143. The average molecular weight is 364 g/mol. The molecule has 0 bridgehead atoms. The molecule has 0 amide bonds. The Morgan fingerprint density at radius 1 is 1.00 bits per heavy atom. The SMILES string of the molecule is OC(CNc1c(F)cc(Br)cc1F)c1ccc(F)cc1F. The molecule has 0 saturated heterocycles. The van der Waals surface area contributed by atoms with Crippen molar-refractivity contribution < 1.29 is 22.7 Å². The molecule has 112 valence electrons. The van der Waals surface area contributed by atoms with Gasteiger partial charge in [-0.3, -0.25) is 0 Å². The minimum absolute atomic E-state index is 0.165. The highest BCUT2D eigenvalue weighted by Crippen LogP contribution is 2.25. The van der Waals surface area contributed by atoms with Crippen LogP contribution in [0.5, 0.6) is 0 Å². The van der Waals surface area contributed by atoms with Gasteiger partial charge in [-0.2, -0.15) is 0 Å². The third kappa shape index (κ3) is 3.74. The van der Waals surface area contributed by atoms with Crippen molar-refractivity contribution in [2.75, 3.05) is 11.9 Å². The molecule has 0 spiro atoms. The largest absolute Gasteiger partial charge is 0.386 e. The zero-order chi connectivity index (χ0) is 15.6. The quantitative estimate of drug-likeness (QED) is 0.799. The summed E-state index contributed by atoms with van der Waals surface area (Å²) in [4.78, 5) is 0. The highest BCUT2D eigenvalue weighted by atomic mass is 79.9. The number of nitrogens with one attached hydrogen (secondary N) is 1. The molecule has 0 heterocycles. The molecule has 1 atom stereocenters. The van der Waals surface area contributed by atoms with Crippen LogP contribution >= 0.6 is 15.9 Å². The van der Waals surface area contributed by atoms with Gasteiger partial charge in [0.2, 0.25) is 0 Å². The van der Waals surface area contributed by atoms with Crippen LogP contribution in [-0.4, -0.2) is 11.7 Å². The predicted octanol–water partition coefficient (Wildman–Crippen LogP) is 4.15. The third-order valence-electron chi connectivity index (χ3n) is 2.80. The maximum absolute atomic E-state index is 13.6. The Labute approximate surface area is 126 Å². The Bertz CT molecular complexity index is 642. The lowest BCUT2D eigenvalue weighted by molar-refractivity contribution is 0.186.